The number of hydrogen-bond donors (Lipinski definition) is 0. The second kappa shape index (κ2) is 6.70. The van der Waals surface area contributed by atoms with E-state index < -0.39 is 23.5 Å². The van der Waals surface area contributed by atoms with E-state index in [-0.39, 0.29) is 25.6 Å². The molecule has 0 bridgehead atoms. The first-order chi connectivity index (χ1) is 8.96. The van der Waals surface area contributed by atoms with Crippen LogP contribution in [0, 0.1) is 5.41 Å². The minimum atomic E-state index is -1.25. The van der Waals surface area contributed by atoms with Gasteiger partial charge in [-0.25, -0.2) is 0 Å². The van der Waals surface area contributed by atoms with Crippen LogP contribution >= 0.6 is 0 Å². The third-order valence-electron chi connectivity index (χ3n) is 3.01. The van der Waals surface area contributed by atoms with Crippen molar-refractivity contribution >= 4 is 11.9 Å². The van der Waals surface area contributed by atoms with Crippen molar-refractivity contribution in [3.8, 4) is 0 Å². The van der Waals surface area contributed by atoms with E-state index in [2.05, 4.69) is 6.58 Å². The average Bonchev–Trinajstić information content (AvgIpc) is 2.66. The second-order valence-corrected chi connectivity index (χ2v) is 4.91. The minimum Gasteiger partial charge on any atom is -0.465 e. The predicted molar refractivity (Wildman–Crippen MR) is 69.5 cm³/mol. The second-order valence-electron chi connectivity index (χ2n) is 4.91. The molecule has 1 aliphatic heterocycles. The lowest BCUT2D eigenvalue weighted by Crippen LogP contribution is -2.37. The zero-order valence-corrected chi connectivity index (χ0v) is 11.8. The zero-order chi connectivity index (χ0) is 14.5. The Labute approximate surface area is 113 Å². The molecule has 0 radical (unpaired) electrons. The molecule has 0 N–H and O–H groups in total. The summed E-state index contributed by atoms with van der Waals surface area (Å²) < 4.78 is 15.7. The van der Waals surface area contributed by atoms with E-state index >= 15 is 0 Å². The Kier molecular flexibility index (Phi) is 5.54. The summed E-state index contributed by atoms with van der Waals surface area (Å²) in [6.07, 6.45) is 1.70. The highest BCUT2D eigenvalue weighted by Gasteiger charge is 2.55. The van der Waals surface area contributed by atoms with Crippen LogP contribution in [0.5, 0.6) is 0 Å². The van der Waals surface area contributed by atoms with Gasteiger partial charge in [0.15, 0.2) is 5.41 Å². The van der Waals surface area contributed by atoms with Crippen molar-refractivity contribution in [2.75, 3.05) is 13.2 Å². The van der Waals surface area contributed by atoms with E-state index in [1.807, 2.05) is 13.8 Å². The molecule has 0 aromatic rings. The van der Waals surface area contributed by atoms with Gasteiger partial charge in [-0.2, -0.15) is 0 Å². The van der Waals surface area contributed by atoms with Crippen LogP contribution in [0.3, 0.4) is 0 Å². The Morgan fingerprint density at radius 1 is 1.63 bits per heavy atom. The molecule has 108 valence electrons. The van der Waals surface area contributed by atoms with Crippen molar-refractivity contribution in [1.82, 2.24) is 0 Å². The van der Waals surface area contributed by atoms with E-state index in [0.29, 0.717) is 6.61 Å². The molecule has 0 amide bonds. The normalized spacial score (nSPS) is 26.3. The Balaban J connectivity index is 2.78. The lowest BCUT2D eigenvalue weighted by Gasteiger charge is -2.20. The minimum absolute atomic E-state index is 0.0516. The number of hydrogen-bond acceptors (Lipinski definition) is 5. The summed E-state index contributed by atoms with van der Waals surface area (Å²) >= 11 is 0. The maximum atomic E-state index is 12.0. The largest absolute Gasteiger partial charge is 0.465 e. The van der Waals surface area contributed by atoms with Crippen molar-refractivity contribution in [3.05, 3.63) is 12.7 Å². The Morgan fingerprint density at radius 2 is 2.32 bits per heavy atom. The SMILES string of the molecule is C=CCC1(C(=O)OCC)CC(COC(C)C)OC1=O. The molecular weight excluding hydrogens is 248 g/mol. The molecule has 2 unspecified atom stereocenters. The highest BCUT2D eigenvalue weighted by atomic mass is 16.6. The lowest BCUT2D eigenvalue weighted by molar-refractivity contribution is -0.165. The van der Waals surface area contributed by atoms with Crippen LogP contribution < -0.4 is 0 Å². The van der Waals surface area contributed by atoms with E-state index in [0.717, 1.165) is 0 Å². The number of carbonyl (C=O) groups excluding carboxylic acids is 2. The number of allylic oxidation sites excluding steroid dienone is 1. The van der Waals surface area contributed by atoms with Crippen molar-refractivity contribution < 1.29 is 23.8 Å². The highest BCUT2D eigenvalue weighted by Crippen LogP contribution is 2.39. The molecule has 1 aliphatic rings. The van der Waals surface area contributed by atoms with E-state index in [4.69, 9.17) is 14.2 Å². The number of esters is 2. The quantitative estimate of drug-likeness (QED) is 0.401. The summed E-state index contributed by atoms with van der Waals surface area (Å²) in [5.74, 6) is -1.07. The number of carbonyl (C=O) groups is 2. The zero-order valence-electron chi connectivity index (χ0n) is 11.8. The first-order valence-electron chi connectivity index (χ1n) is 6.57. The Bertz CT molecular complexity index is 350. The van der Waals surface area contributed by atoms with Gasteiger partial charge in [-0.3, -0.25) is 9.59 Å². The van der Waals surface area contributed by atoms with Crippen LogP contribution in [0.1, 0.15) is 33.6 Å². The van der Waals surface area contributed by atoms with Crippen molar-refractivity contribution in [2.45, 2.75) is 45.8 Å². The molecule has 0 saturated carbocycles. The molecule has 5 heteroatoms. The van der Waals surface area contributed by atoms with Crippen LogP contribution in [-0.4, -0.2) is 37.4 Å². The monoisotopic (exact) mass is 270 g/mol. The van der Waals surface area contributed by atoms with Crippen LogP contribution in [0.4, 0.5) is 0 Å². The molecule has 0 aromatic carbocycles. The van der Waals surface area contributed by atoms with E-state index in [1.54, 1.807) is 13.0 Å². The summed E-state index contributed by atoms with van der Waals surface area (Å²) in [6, 6.07) is 0. The molecule has 2 atom stereocenters. The third kappa shape index (κ3) is 3.56. The Morgan fingerprint density at radius 3 is 2.84 bits per heavy atom. The van der Waals surface area contributed by atoms with Crippen molar-refractivity contribution in [2.24, 2.45) is 5.41 Å². The van der Waals surface area contributed by atoms with Gasteiger partial charge in [0.1, 0.15) is 6.10 Å². The molecule has 0 aliphatic carbocycles. The summed E-state index contributed by atoms with van der Waals surface area (Å²) in [6.45, 7) is 9.64. The predicted octanol–water partition coefficient (Wildman–Crippen LogP) is 1.85. The lowest BCUT2D eigenvalue weighted by atomic mass is 9.81. The van der Waals surface area contributed by atoms with Gasteiger partial charge in [0.05, 0.1) is 19.3 Å². The fraction of sp³-hybridized carbons (Fsp3) is 0.714. The van der Waals surface area contributed by atoms with Gasteiger partial charge < -0.3 is 14.2 Å². The van der Waals surface area contributed by atoms with Crippen LogP contribution in [-0.2, 0) is 23.8 Å². The number of rotatable bonds is 7. The summed E-state index contributed by atoms with van der Waals surface area (Å²) in [7, 11) is 0. The first kappa shape index (κ1) is 15.7. The van der Waals surface area contributed by atoms with Gasteiger partial charge in [-0.1, -0.05) is 6.08 Å². The van der Waals surface area contributed by atoms with Crippen molar-refractivity contribution in [1.29, 1.82) is 0 Å². The molecule has 1 heterocycles. The Hall–Kier alpha value is -1.36. The van der Waals surface area contributed by atoms with Gasteiger partial charge in [0, 0.05) is 6.42 Å². The molecule has 0 aromatic heterocycles. The smallest absolute Gasteiger partial charge is 0.324 e. The maximum Gasteiger partial charge on any atom is 0.324 e. The summed E-state index contributed by atoms with van der Waals surface area (Å²) in [5.41, 5.74) is -1.25. The van der Waals surface area contributed by atoms with Gasteiger partial charge in [-0.05, 0) is 27.2 Å². The molecule has 0 spiro atoms. The first-order valence-corrected chi connectivity index (χ1v) is 6.57. The van der Waals surface area contributed by atoms with E-state index in [9.17, 15) is 9.59 Å². The molecule has 1 saturated heterocycles. The molecule has 1 fully saturated rings. The summed E-state index contributed by atoms with van der Waals surface area (Å²) in [5, 5.41) is 0. The van der Waals surface area contributed by atoms with E-state index in [1.165, 1.54) is 0 Å². The fourth-order valence-electron chi connectivity index (χ4n) is 2.10. The summed E-state index contributed by atoms with van der Waals surface area (Å²) in [4.78, 5) is 24.1. The molecule has 1 rings (SSSR count). The van der Waals surface area contributed by atoms with Crippen molar-refractivity contribution in [3.63, 3.8) is 0 Å². The number of cyclic esters (lactones) is 1. The van der Waals surface area contributed by atoms with Gasteiger partial charge in [-0.15, -0.1) is 6.58 Å². The average molecular weight is 270 g/mol. The van der Waals surface area contributed by atoms with Crippen LogP contribution in [0.25, 0.3) is 0 Å². The standard InChI is InChI=1S/C14H22O5/c1-5-7-14(12(15)17-6-2)8-11(19-13(14)16)9-18-10(3)4/h5,10-11H,1,6-9H2,2-4H3. The third-order valence-corrected chi connectivity index (χ3v) is 3.01. The molecule has 5 nitrogen and oxygen atoms in total. The highest BCUT2D eigenvalue weighted by molar-refractivity contribution is 6.01. The fourth-order valence-corrected chi connectivity index (χ4v) is 2.10. The number of ether oxygens (including phenoxy) is 3. The molecule has 19 heavy (non-hydrogen) atoms. The van der Waals surface area contributed by atoms with Crippen LogP contribution in [0.2, 0.25) is 0 Å². The van der Waals surface area contributed by atoms with Gasteiger partial charge >= 0.3 is 11.9 Å². The maximum absolute atomic E-state index is 12.0. The molecular formula is C14H22O5. The van der Waals surface area contributed by atoms with Gasteiger partial charge in [0.25, 0.3) is 0 Å². The topological polar surface area (TPSA) is 61.8 Å². The van der Waals surface area contributed by atoms with Gasteiger partial charge in [0.2, 0.25) is 0 Å². The van der Waals surface area contributed by atoms with Crippen LogP contribution in [0.15, 0.2) is 12.7 Å².